The van der Waals surface area contributed by atoms with Gasteiger partial charge < -0.3 is 9.64 Å². The van der Waals surface area contributed by atoms with Gasteiger partial charge in [-0.2, -0.15) is 0 Å². The molecule has 1 amide bonds. The van der Waals surface area contributed by atoms with E-state index in [9.17, 15) is 14.0 Å². The zero-order chi connectivity index (χ0) is 16.7. The Morgan fingerprint density at radius 1 is 1.26 bits per heavy atom. The molecule has 4 nitrogen and oxygen atoms in total. The second-order valence-electron chi connectivity index (χ2n) is 5.86. The molecule has 1 saturated heterocycles. The number of rotatable bonds is 7. The summed E-state index contributed by atoms with van der Waals surface area (Å²) in [5, 5.41) is 0. The van der Waals surface area contributed by atoms with E-state index < -0.39 is 17.8 Å². The molecule has 5 heteroatoms. The third-order valence-electron chi connectivity index (χ3n) is 4.13. The number of carbonyl (C=O) groups excluding carboxylic acids is 2. The van der Waals surface area contributed by atoms with E-state index in [1.807, 2.05) is 0 Å². The monoisotopic (exact) mass is 321 g/mol. The van der Waals surface area contributed by atoms with Gasteiger partial charge in [0.1, 0.15) is 11.9 Å². The summed E-state index contributed by atoms with van der Waals surface area (Å²) in [7, 11) is 0. The SMILES string of the molecule is CCCCCCOC(=O)C1CCCN1C(=O)c1ccccc1F. The summed E-state index contributed by atoms with van der Waals surface area (Å²) in [6.07, 6.45) is 5.43. The molecule has 0 spiro atoms. The summed E-state index contributed by atoms with van der Waals surface area (Å²) >= 11 is 0. The van der Waals surface area contributed by atoms with Gasteiger partial charge in [0.05, 0.1) is 12.2 Å². The number of amides is 1. The van der Waals surface area contributed by atoms with Crippen LogP contribution in [0, 0.1) is 5.82 Å². The van der Waals surface area contributed by atoms with Crippen LogP contribution < -0.4 is 0 Å². The maximum atomic E-state index is 13.8. The van der Waals surface area contributed by atoms with Crippen molar-refractivity contribution < 1.29 is 18.7 Å². The Hall–Kier alpha value is -1.91. The molecule has 1 unspecified atom stereocenters. The van der Waals surface area contributed by atoms with Crippen molar-refractivity contribution in [1.82, 2.24) is 4.90 Å². The molecule has 1 aliphatic rings. The topological polar surface area (TPSA) is 46.6 Å². The highest BCUT2D eigenvalue weighted by molar-refractivity contribution is 5.97. The highest BCUT2D eigenvalue weighted by Crippen LogP contribution is 2.22. The molecule has 0 aliphatic carbocycles. The molecule has 1 heterocycles. The zero-order valence-corrected chi connectivity index (χ0v) is 13.6. The van der Waals surface area contributed by atoms with E-state index in [0.29, 0.717) is 19.6 Å². The summed E-state index contributed by atoms with van der Waals surface area (Å²) < 4.78 is 19.1. The van der Waals surface area contributed by atoms with Gasteiger partial charge in [-0.25, -0.2) is 9.18 Å². The number of hydrogen-bond acceptors (Lipinski definition) is 3. The third-order valence-corrected chi connectivity index (χ3v) is 4.13. The smallest absolute Gasteiger partial charge is 0.328 e. The van der Waals surface area contributed by atoms with Crippen LogP contribution >= 0.6 is 0 Å². The minimum absolute atomic E-state index is 0.00939. The van der Waals surface area contributed by atoms with Gasteiger partial charge in [-0.1, -0.05) is 38.3 Å². The Kier molecular flexibility index (Phi) is 6.56. The average Bonchev–Trinajstić information content (AvgIpc) is 3.04. The lowest BCUT2D eigenvalue weighted by atomic mass is 10.1. The number of unbranched alkanes of at least 4 members (excludes halogenated alkanes) is 3. The fourth-order valence-corrected chi connectivity index (χ4v) is 2.84. The summed E-state index contributed by atoms with van der Waals surface area (Å²) in [5.41, 5.74) is 0.00939. The lowest BCUT2D eigenvalue weighted by Gasteiger charge is -2.23. The number of hydrogen-bond donors (Lipinski definition) is 0. The summed E-state index contributed by atoms with van der Waals surface area (Å²) in [5.74, 6) is -1.37. The quantitative estimate of drug-likeness (QED) is 0.570. The van der Waals surface area contributed by atoms with Crippen LogP contribution in [-0.4, -0.2) is 36.0 Å². The van der Waals surface area contributed by atoms with Crippen molar-refractivity contribution in [3.63, 3.8) is 0 Å². The molecule has 0 N–H and O–H groups in total. The number of nitrogens with zero attached hydrogens (tertiary/aromatic N) is 1. The van der Waals surface area contributed by atoms with Crippen molar-refractivity contribution in [2.45, 2.75) is 51.5 Å². The first-order chi connectivity index (χ1) is 11.1. The molecule has 0 aromatic heterocycles. The molecule has 1 aliphatic heterocycles. The molecule has 1 atom stereocenters. The minimum atomic E-state index is -0.590. The van der Waals surface area contributed by atoms with E-state index in [4.69, 9.17) is 4.74 Å². The number of benzene rings is 1. The van der Waals surface area contributed by atoms with Crippen molar-refractivity contribution in [1.29, 1.82) is 0 Å². The predicted molar refractivity (Wildman–Crippen MR) is 85.6 cm³/mol. The van der Waals surface area contributed by atoms with E-state index in [1.165, 1.54) is 23.1 Å². The van der Waals surface area contributed by atoms with Crippen molar-refractivity contribution in [3.8, 4) is 0 Å². The van der Waals surface area contributed by atoms with Gasteiger partial charge in [-0.15, -0.1) is 0 Å². The Labute approximate surface area is 136 Å². The molecular weight excluding hydrogens is 297 g/mol. The molecule has 0 radical (unpaired) electrons. The number of esters is 1. The van der Waals surface area contributed by atoms with Gasteiger partial charge in [0.25, 0.3) is 5.91 Å². The van der Waals surface area contributed by atoms with Crippen LogP contribution in [0.1, 0.15) is 55.8 Å². The van der Waals surface area contributed by atoms with Crippen LogP contribution in [0.2, 0.25) is 0 Å². The third kappa shape index (κ3) is 4.53. The highest BCUT2D eigenvalue weighted by Gasteiger charge is 2.36. The van der Waals surface area contributed by atoms with Crippen LogP contribution in [0.25, 0.3) is 0 Å². The van der Waals surface area contributed by atoms with E-state index >= 15 is 0 Å². The van der Waals surface area contributed by atoms with E-state index in [-0.39, 0.29) is 11.5 Å². The Balaban J connectivity index is 1.93. The molecule has 0 bridgehead atoms. The van der Waals surface area contributed by atoms with Crippen LogP contribution in [0.4, 0.5) is 4.39 Å². The van der Waals surface area contributed by atoms with E-state index in [2.05, 4.69) is 6.92 Å². The Morgan fingerprint density at radius 2 is 2.04 bits per heavy atom. The fraction of sp³-hybridized carbons (Fsp3) is 0.556. The first-order valence-corrected chi connectivity index (χ1v) is 8.37. The van der Waals surface area contributed by atoms with Gasteiger partial charge in [0.15, 0.2) is 0 Å². The molecule has 126 valence electrons. The first-order valence-electron chi connectivity index (χ1n) is 8.37. The molecule has 1 aromatic carbocycles. The largest absolute Gasteiger partial charge is 0.464 e. The summed E-state index contributed by atoms with van der Waals surface area (Å²) in [6.45, 7) is 2.97. The summed E-state index contributed by atoms with van der Waals surface area (Å²) in [6, 6.07) is 5.27. The lowest BCUT2D eigenvalue weighted by molar-refractivity contribution is -0.148. The Bertz CT molecular complexity index is 547. The van der Waals surface area contributed by atoms with Crippen molar-refractivity contribution in [3.05, 3.63) is 35.6 Å². The van der Waals surface area contributed by atoms with Crippen LogP contribution in [0.5, 0.6) is 0 Å². The maximum absolute atomic E-state index is 13.8. The zero-order valence-electron chi connectivity index (χ0n) is 13.6. The van der Waals surface area contributed by atoms with Crippen LogP contribution in [-0.2, 0) is 9.53 Å². The average molecular weight is 321 g/mol. The van der Waals surface area contributed by atoms with Gasteiger partial charge in [-0.3, -0.25) is 4.79 Å². The number of likely N-dealkylation sites (tertiary alicyclic amines) is 1. The molecule has 0 saturated carbocycles. The van der Waals surface area contributed by atoms with Gasteiger partial charge >= 0.3 is 5.97 Å². The normalized spacial score (nSPS) is 17.3. The second-order valence-corrected chi connectivity index (χ2v) is 5.86. The van der Waals surface area contributed by atoms with Crippen LogP contribution in [0.3, 0.4) is 0 Å². The van der Waals surface area contributed by atoms with Gasteiger partial charge in [-0.05, 0) is 31.4 Å². The van der Waals surface area contributed by atoms with E-state index in [0.717, 1.165) is 32.1 Å². The van der Waals surface area contributed by atoms with Gasteiger partial charge in [0.2, 0.25) is 0 Å². The maximum Gasteiger partial charge on any atom is 0.328 e. The highest BCUT2D eigenvalue weighted by atomic mass is 19.1. The Morgan fingerprint density at radius 3 is 2.78 bits per heavy atom. The van der Waals surface area contributed by atoms with Gasteiger partial charge in [0, 0.05) is 6.54 Å². The van der Waals surface area contributed by atoms with Crippen LogP contribution in [0.15, 0.2) is 24.3 Å². The summed E-state index contributed by atoms with van der Waals surface area (Å²) in [4.78, 5) is 26.1. The van der Waals surface area contributed by atoms with Crippen molar-refractivity contribution >= 4 is 11.9 Å². The molecule has 2 rings (SSSR count). The predicted octanol–water partition coefficient (Wildman–Crippen LogP) is 3.55. The molecule has 1 aromatic rings. The molecule has 23 heavy (non-hydrogen) atoms. The van der Waals surface area contributed by atoms with Crippen molar-refractivity contribution in [2.24, 2.45) is 0 Å². The van der Waals surface area contributed by atoms with Crippen molar-refractivity contribution in [2.75, 3.05) is 13.2 Å². The number of halogens is 1. The standard InChI is InChI=1S/C18H24FNO3/c1-2-3-4-7-13-23-18(22)16-11-8-12-20(16)17(21)14-9-5-6-10-15(14)19/h5-6,9-10,16H,2-4,7-8,11-13H2,1H3. The first kappa shape index (κ1) is 17.4. The lowest BCUT2D eigenvalue weighted by Crippen LogP contribution is -2.41. The number of ether oxygens (including phenoxy) is 1. The minimum Gasteiger partial charge on any atom is -0.464 e. The molecule has 1 fully saturated rings. The second kappa shape index (κ2) is 8.65. The number of carbonyl (C=O) groups is 2. The fourth-order valence-electron chi connectivity index (χ4n) is 2.84. The van der Waals surface area contributed by atoms with E-state index in [1.54, 1.807) is 6.07 Å². The molecular formula is C18H24FNO3.